The summed E-state index contributed by atoms with van der Waals surface area (Å²) in [5.41, 5.74) is 6.65. The molecule has 1 aromatic rings. The topological polar surface area (TPSA) is 89.3 Å². The predicted octanol–water partition coefficient (Wildman–Crippen LogP) is 1.67. The molecule has 106 valence electrons. The standard InChI is InChI=1S/C13H20N2O3S/c1-9(2)8-19(17,18)10(3)13(16)15-12-6-4-11(14)5-7-12/h4-7,9-10H,8,14H2,1-3H3,(H,15,16). The van der Waals surface area contributed by atoms with Gasteiger partial charge in [-0.2, -0.15) is 0 Å². The van der Waals surface area contributed by atoms with Crippen molar-refractivity contribution in [1.82, 2.24) is 0 Å². The van der Waals surface area contributed by atoms with E-state index in [9.17, 15) is 13.2 Å². The molecule has 0 aliphatic rings. The van der Waals surface area contributed by atoms with Gasteiger partial charge in [0, 0.05) is 11.4 Å². The summed E-state index contributed by atoms with van der Waals surface area (Å²) in [6, 6.07) is 6.55. The third kappa shape index (κ3) is 4.55. The Kier molecular flexibility index (Phi) is 4.94. The molecule has 0 aliphatic carbocycles. The maximum Gasteiger partial charge on any atom is 0.242 e. The summed E-state index contributed by atoms with van der Waals surface area (Å²) in [6.07, 6.45) is 0. The number of nitrogens with one attached hydrogen (secondary N) is 1. The van der Waals surface area contributed by atoms with E-state index < -0.39 is 21.0 Å². The van der Waals surface area contributed by atoms with Crippen LogP contribution in [0.5, 0.6) is 0 Å². The normalized spacial score (nSPS) is 13.3. The Bertz CT molecular complexity index is 536. The lowest BCUT2D eigenvalue weighted by molar-refractivity contribution is -0.115. The number of carbonyl (C=O) groups excluding carboxylic acids is 1. The molecule has 1 amide bonds. The van der Waals surface area contributed by atoms with Crippen LogP contribution < -0.4 is 11.1 Å². The SMILES string of the molecule is CC(C)CS(=O)(=O)C(C)C(=O)Nc1ccc(N)cc1. The van der Waals surface area contributed by atoms with Crippen molar-refractivity contribution in [1.29, 1.82) is 0 Å². The lowest BCUT2D eigenvalue weighted by Crippen LogP contribution is -2.35. The Balaban J connectivity index is 2.75. The molecule has 0 spiro atoms. The molecule has 1 atom stereocenters. The zero-order valence-corrected chi connectivity index (χ0v) is 12.2. The first kappa shape index (κ1) is 15.5. The van der Waals surface area contributed by atoms with Gasteiger partial charge in [0.25, 0.3) is 0 Å². The summed E-state index contributed by atoms with van der Waals surface area (Å²) in [5.74, 6) is -0.522. The highest BCUT2D eigenvalue weighted by molar-refractivity contribution is 7.92. The van der Waals surface area contributed by atoms with Crippen LogP contribution in [0.1, 0.15) is 20.8 Å². The van der Waals surface area contributed by atoms with E-state index >= 15 is 0 Å². The van der Waals surface area contributed by atoms with Gasteiger partial charge in [0.15, 0.2) is 9.84 Å². The van der Waals surface area contributed by atoms with E-state index in [4.69, 9.17) is 5.73 Å². The molecular formula is C13H20N2O3S. The number of anilines is 2. The van der Waals surface area contributed by atoms with Gasteiger partial charge >= 0.3 is 0 Å². The Morgan fingerprint density at radius 1 is 1.21 bits per heavy atom. The minimum absolute atomic E-state index is 0.00299. The van der Waals surface area contributed by atoms with Gasteiger partial charge < -0.3 is 11.1 Å². The molecule has 0 saturated heterocycles. The van der Waals surface area contributed by atoms with E-state index in [1.807, 2.05) is 13.8 Å². The van der Waals surface area contributed by atoms with Crippen LogP contribution >= 0.6 is 0 Å². The van der Waals surface area contributed by atoms with E-state index in [2.05, 4.69) is 5.32 Å². The van der Waals surface area contributed by atoms with E-state index in [0.717, 1.165) is 0 Å². The molecule has 0 aliphatic heterocycles. The van der Waals surface area contributed by atoms with Crippen molar-refractivity contribution < 1.29 is 13.2 Å². The largest absolute Gasteiger partial charge is 0.399 e. The third-order valence-corrected chi connectivity index (χ3v) is 5.07. The summed E-state index contributed by atoms with van der Waals surface area (Å²) in [4.78, 5) is 11.9. The fourth-order valence-electron chi connectivity index (χ4n) is 1.58. The molecule has 6 heteroatoms. The summed E-state index contributed by atoms with van der Waals surface area (Å²) in [5, 5.41) is 1.51. The Morgan fingerprint density at radius 2 is 1.74 bits per heavy atom. The van der Waals surface area contributed by atoms with E-state index in [1.165, 1.54) is 6.92 Å². The highest BCUT2D eigenvalue weighted by Crippen LogP contribution is 2.13. The molecule has 0 radical (unpaired) electrons. The second-order valence-corrected chi connectivity index (χ2v) is 7.34. The van der Waals surface area contributed by atoms with Gasteiger partial charge in [0.2, 0.25) is 5.91 Å². The van der Waals surface area contributed by atoms with Gasteiger partial charge in [-0.3, -0.25) is 4.79 Å². The second kappa shape index (κ2) is 6.06. The molecule has 0 fully saturated rings. The zero-order valence-electron chi connectivity index (χ0n) is 11.4. The van der Waals surface area contributed by atoms with Gasteiger partial charge in [0.1, 0.15) is 5.25 Å². The number of rotatable bonds is 5. The maximum absolute atomic E-state index is 11.9. The average Bonchev–Trinajstić information content (AvgIpc) is 2.29. The first-order chi connectivity index (χ1) is 8.72. The summed E-state index contributed by atoms with van der Waals surface area (Å²) < 4.78 is 23.9. The third-order valence-electron chi connectivity index (χ3n) is 2.65. The van der Waals surface area contributed by atoms with Crippen LogP contribution in [0.2, 0.25) is 0 Å². The number of sulfone groups is 1. The lowest BCUT2D eigenvalue weighted by Gasteiger charge is -2.14. The van der Waals surface area contributed by atoms with E-state index in [1.54, 1.807) is 24.3 Å². The van der Waals surface area contributed by atoms with E-state index in [0.29, 0.717) is 11.4 Å². The average molecular weight is 284 g/mol. The van der Waals surface area contributed by atoms with Gasteiger partial charge in [-0.25, -0.2) is 8.42 Å². The molecule has 3 N–H and O–H groups in total. The summed E-state index contributed by atoms with van der Waals surface area (Å²) >= 11 is 0. The van der Waals surface area contributed by atoms with Crippen molar-refractivity contribution in [3.05, 3.63) is 24.3 Å². The number of hydrogen-bond donors (Lipinski definition) is 2. The van der Waals surface area contributed by atoms with Crippen molar-refractivity contribution in [2.45, 2.75) is 26.0 Å². The molecule has 0 heterocycles. The van der Waals surface area contributed by atoms with Gasteiger partial charge in [-0.1, -0.05) is 13.8 Å². The molecular weight excluding hydrogens is 264 g/mol. The van der Waals surface area contributed by atoms with Gasteiger partial charge in [-0.15, -0.1) is 0 Å². The maximum atomic E-state index is 11.9. The van der Waals surface area contributed by atoms with Crippen molar-refractivity contribution in [3.63, 3.8) is 0 Å². The molecule has 1 rings (SSSR count). The molecule has 0 bridgehead atoms. The van der Waals surface area contributed by atoms with Gasteiger partial charge in [-0.05, 0) is 37.1 Å². The monoisotopic (exact) mass is 284 g/mol. The molecule has 0 aromatic heterocycles. The molecule has 19 heavy (non-hydrogen) atoms. The van der Waals surface area contributed by atoms with Crippen LogP contribution in [-0.4, -0.2) is 25.3 Å². The minimum atomic E-state index is -3.42. The smallest absolute Gasteiger partial charge is 0.242 e. The second-order valence-electron chi connectivity index (χ2n) is 4.98. The molecule has 1 unspecified atom stereocenters. The summed E-state index contributed by atoms with van der Waals surface area (Å²) in [7, 11) is -3.42. The lowest BCUT2D eigenvalue weighted by atomic mass is 10.3. The number of amides is 1. The highest BCUT2D eigenvalue weighted by atomic mass is 32.2. The Hall–Kier alpha value is -1.56. The van der Waals surface area contributed by atoms with Crippen LogP contribution in [-0.2, 0) is 14.6 Å². The fourth-order valence-corrected chi connectivity index (χ4v) is 3.19. The molecule has 0 saturated carbocycles. The quantitative estimate of drug-likeness (QED) is 0.805. The molecule has 1 aromatic carbocycles. The van der Waals surface area contributed by atoms with Crippen molar-refractivity contribution in [3.8, 4) is 0 Å². The van der Waals surface area contributed by atoms with E-state index in [-0.39, 0.29) is 11.7 Å². The number of hydrogen-bond acceptors (Lipinski definition) is 4. The summed E-state index contributed by atoms with van der Waals surface area (Å²) in [6.45, 7) is 5.02. The fraction of sp³-hybridized carbons (Fsp3) is 0.462. The number of carbonyl (C=O) groups is 1. The zero-order chi connectivity index (χ0) is 14.6. The van der Waals surface area contributed by atoms with Crippen molar-refractivity contribution >= 4 is 27.1 Å². The first-order valence-corrected chi connectivity index (χ1v) is 7.82. The number of nitrogens with two attached hydrogens (primary N) is 1. The van der Waals surface area contributed by atoms with Crippen LogP contribution in [0.15, 0.2) is 24.3 Å². The predicted molar refractivity (Wildman–Crippen MR) is 77.6 cm³/mol. The first-order valence-electron chi connectivity index (χ1n) is 6.10. The minimum Gasteiger partial charge on any atom is -0.399 e. The Morgan fingerprint density at radius 3 is 2.21 bits per heavy atom. The number of nitrogen functional groups attached to an aromatic ring is 1. The van der Waals surface area contributed by atoms with Crippen LogP contribution in [0, 0.1) is 5.92 Å². The van der Waals surface area contributed by atoms with Crippen LogP contribution in [0.4, 0.5) is 11.4 Å². The van der Waals surface area contributed by atoms with Crippen molar-refractivity contribution in [2.75, 3.05) is 16.8 Å². The van der Waals surface area contributed by atoms with Crippen LogP contribution in [0.25, 0.3) is 0 Å². The highest BCUT2D eigenvalue weighted by Gasteiger charge is 2.28. The Labute approximate surface area is 114 Å². The molecule has 5 nitrogen and oxygen atoms in total. The number of benzene rings is 1. The van der Waals surface area contributed by atoms with Crippen LogP contribution in [0.3, 0.4) is 0 Å². The van der Waals surface area contributed by atoms with Gasteiger partial charge in [0.05, 0.1) is 5.75 Å². The van der Waals surface area contributed by atoms with Crippen molar-refractivity contribution in [2.24, 2.45) is 5.92 Å².